The fourth-order valence-corrected chi connectivity index (χ4v) is 3.80. The highest BCUT2D eigenvalue weighted by atomic mass is 15.0. The van der Waals surface area contributed by atoms with E-state index in [2.05, 4.69) is 42.7 Å². The van der Waals surface area contributed by atoms with Crippen molar-refractivity contribution in [3.05, 3.63) is 18.2 Å². The van der Waals surface area contributed by atoms with Gasteiger partial charge in [-0.15, -0.1) is 0 Å². The molecule has 1 saturated carbocycles. The minimum Gasteiger partial charge on any atom is -0.338 e. The maximum Gasteiger partial charge on any atom is 0.108 e. The van der Waals surface area contributed by atoms with Crippen LogP contribution < -0.4 is 5.32 Å². The number of nitrogens with one attached hydrogen (secondary N) is 1. The van der Waals surface area contributed by atoms with E-state index in [-0.39, 0.29) is 0 Å². The van der Waals surface area contributed by atoms with Crippen LogP contribution in [0.15, 0.2) is 12.4 Å². The lowest BCUT2D eigenvalue weighted by molar-refractivity contribution is 0.189. The molecule has 1 N–H and O–H groups in total. The van der Waals surface area contributed by atoms with Gasteiger partial charge in [0.15, 0.2) is 0 Å². The Balaban J connectivity index is 1.98. The topological polar surface area (TPSA) is 29.9 Å². The highest BCUT2D eigenvalue weighted by molar-refractivity contribution is 4.96. The highest BCUT2D eigenvalue weighted by Crippen LogP contribution is 2.45. The molecule has 1 aliphatic rings. The minimum atomic E-state index is 0.493. The van der Waals surface area contributed by atoms with E-state index in [1.807, 2.05) is 12.4 Å². The summed E-state index contributed by atoms with van der Waals surface area (Å²) in [6.07, 6.45) is 11.6. The molecule has 20 heavy (non-hydrogen) atoms. The molecule has 1 aromatic rings. The van der Waals surface area contributed by atoms with Gasteiger partial charge in [-0.3, -0.25) is 0 Å². The average molecular weight is 277 g/mol. The number of hydrogen-bond donors (Lipinski definition) is 1. The molecule has 2 rings (SSSR count). The molecular weight excluding hydrogens is 246 g/mol. The third kappa shape index (κ3) is 3.63. The molecule has 2 unspecified atom stereocenters. The molecule has 0 saturated heterocycles. The van der Waals surface area contributed by atoms with Gasteiger partial charge in [-0.25, -0.2) is 4.98 Å². The van der Waals surface area contributed by atoms with Crippen molar-refractivity contribution in [3.63, 3.8) is 0 Å². The summed E-state index contributed by atoms with van der Waals surface area (Å²) in [4.78, 5) is 4.47. The van der Waals surface area contributed by atoms with Gasteiger partial charge in [0.2, 0.25) is 0 Å². The lowest BCUT2D eigenvalue weighted by Gasteiger charge is -2.35. The minimum absolute atomic E-state index is 0.493. The molecule has 0 amide bonds. The van der Waals surface area contributed by atoms with Crippen LogP contribution in [0.3, 0.4) is 0 Å². The van der Waals surface area contributed by atoms with Crippen LogP contribution in [0.5, 0.6) is 0 Å². The van der Waals surface area contributed by atoms with Gasteiger partial charge in [0.25, 0.3) is 0 Å². The normalized spacial score (nSPS) is 23.1. The molecule has 1 fully saturated rings. The van der Waals surface area contributed by atoms with E-state index in [4.69, 9.17) is 0 Å². The summed E-state index contributed by atoms with van der Waals surface area (Å²) in [5.41, 5.74) is 0.493. The Kier molecular flexibility index (Phi) is 5.25. The fraction of sp³-hybridized carbons (Fsp3) is 0.824. The predicted octanol–water partition coefficient (Wildman–Crippen LogP) is 3.55. The van der Waals surface area contributed by atoms with Gasteiger partial charge in [0.1, 0.15) is 5.82 Å². The standard InChI is InChI=1S/C17H31N3/c1-5-11-18-15(14-7-6-10-17(14,2)3)8-9-16-19-12-13-20(16)4/h12-15,18H,5-11H2,1-4H3. The van der Waals surface area contributed by atoms with Crippen molar-refractivity contribution in [2.24, 2.45) is 18.4 Å². The molecule has 1 aromatic heterocycles. The number of imidazole rings is 1. The van der Waals surface area contributed by atoms with Crippen molar-refractivity contribution < 1.29 is 0 Å². The second kappa shape index (κ2) is 6.75. The third-order valence-electron chi connectivity index (χ3n) is 5.08. The van der Waals surface area contributed by atoms with E-state index in [0.717, 1.165) is 18.9 Å². The number of rotatable bonds is 7. The summed E-state index contributed by atoms with van der Waals surface area (Å²) in [5.74, 6) is 2.03. The van der Waals surface area contributed by atoms with E-state index < -0.39 is 0 Å². The second-order valence-electron chi connectivity index (χ2n) is 7.04. The Morgan fingerprint density at radius 2 is 2.30 bits per heavy atom. The van der Waals surface area contributed by atoms with Crippen molar-refractivity contribution >= 4 is 0 Å². The average Bonchev–Trinajstić information content (AvgIpc) is 2.96. The maximum absolute atomic E-state index is 4.47. The van der Waals surface area contributed by atoms with Crippen LogP contribution in [0, 0.1) is 11.3 Å². The van der Waals surface area contributed by atoms with Crippen LogP contribution in [0.25, 0.3) is 0 Å². The molecule has 1 aliphatic carbocycles. The number of aromatic nitrogens is 2. The van der Waals surface area contributed by atoms with Crippen LogP contribution >= 0.6 is 0 Å². The molecule has 114 valence electrons. The van der Waals surface area contributed by atoms with Gasteiger partial charge < -0.3 is 9.88 Å². The molecule has 1 heterocycles. The van der Waals surface area contributed by atoms with E-state index in [0.29, 0.717) is 11.5 Å². The molecule has 0 aliphatic heterocycles. The van der Waals surface area contributed by atoms with Gasteiger partial charge in [-0.1, -0.05) is 27.2 Å². The van der Waals surface area contributed by atoms with Gasteiger partial charge in [0.05, 0.1) is 0 Å². The highest BCUT2D eigenvalue weighted by Gasteiger charge is 2.39. The second-order valence-corrected chi connectivity index (χ2v) is 7.04. The fourth-order valence-electron chi connectivity index (χ4n) is 3.80. The Morgan fingerprint density at radius 3 is 2.85 bits per heavy atom. The van der Waals surface area contributed by atoms with Crippen LogP contribution in [-0.4, -0.2) is 22.1 Å². The van der Waals surface area contributed by atoms with E-state index in [1.54, 1.807) is 0 Å². The molecule has 3 heteroatoms. The van der Waals surface area contributed by atoms with Gasteiger partial charge in [-0.05, 0) is 43.6 Å². The van der Waals surface area contributed by atoms with Crippen LogP contribution in [0.4, 0.5) is 0 Å². The van der Waals surface area contributed by atoms with E-state index >= 15 is 0 Å². The third-order valence-corrected chi connectivity index (χ3v) is 5.08. The van der Waals surface area contributed by atoms with Crippen molar-refractivity contribution in [1.82, 2.24) is 14.9 Å². The maximum atomic E-state index is 4.47. The molecule has 3 nitrogen and oxygen atoms in total. The Bertz CT molecular complexity index is 408. The largest absolute Gasteiger partial charge is 0.338 e. The molecule has 0 spiro atoms. The quantitative estimate of drug-likeness (QED) is 0.826. The summed E-state index contributed by atoms with van der Waals surface area (Å²) in [6, 6.07) is 0.643. The van der Waals surface area contributed by atoms with Crippen LogP contribution in [0.1, 0.15) is 58.7 Å². The Morgan fingerprint density at radius 1 is 1.50 bits per heavy atom. The number of nitrogens with zero attached hydrogens (tertiary/aromatic N) is 2. The smallest absolute Gasteiger partial charge is 0.108 e. The van der Waals surface area contributed by atoms with E-state index in [1.165, 1.54) is 37.9 Å². The SMILES string of the molecule is CCCNC(CCc1nccn1C)C1CCCC1(C)C. The van der Waals surface area contributed by atoms with Crippen molar-refractivity contribution in [3.8, 4) is 0 Å². The lowest BCUT2D eigenvalue weighted by Crippen LogP contribution is -2.41. The number of aryl methyl sites for hydroxylation is 2. The summed E-state index contributed by atoms with van der Waals surface area (Å²) in [7, 11) is 2.09. The predicted molar refractivity (Wildman–Crippen MR) is 84.7 cm³/mol. The molecule has 0 aromatic carbocycles. The zero-order valence-electron chi connectivity index (χ0n) is 13.7. The first-order chi connectivity index (χ1) is 9.54. The van der Waals surface area contributed by atoms with Crippen LogP contribution in [-0.2, 0) is 13.5 Å². The van der Waals surface area contributed by atoms with Crippen molar-refractivity contribution in [2.45, 2.75) is 65.3 Å². The van der Waals surface area contributed by atoms with E-state index in [9.17, 15) is 0 Å². The molecular formula is C17H31N3. The van der Waals surface area contributed by atoms with Gasteiger partial charge in [0, 0.05) is 31.9 Å². The summed E-state index contributed by atoms with van der Waals surface area (Å²) in [5, 5.41) is 3.81. The summed E-state index contributed by atoms with van der Waals surface area (Å²) in [6.45, 7) is 8.29. The summed E-state index contributed by atoms with van der Waals surface area (Å²) >= 11 is 0. The zero-order valence-corrected chi connectivity index (χ0v) is 13.7. The monoisotopic (exact) mass is 277 g/mol. The molecule has 2 atom stereocenters. The first kappa shape index (κ1) is 15.6. The number of hydrogen-bond acceptors (Lipinski definition) is 2. The zero-order chi connectivity index (χ0) is 14.6. The van der Waals surface area contributed by atoms with Crippen molar-refractivity contribution in [1.29, 1.82) is 0 Å². The lowest BCUT2D eigenvalue weighted by atomic mass is 9.76. The first-order valence-corrected chi connectivity index (χ1v) is 8.24. The van der Waals surface area contributed by atoms with Crippen LogP contribution in [0.2, 0.25) is 0 Å². The van der Waals surface area contributed by atoms with Gasteiger partial charge >= 0.3 is 0 Å². The molecule has 0 bridgehead atoms. The summed E-state index contributed by atoms with van der Waals surface area (Å²) < 4.78 is 2.15. The Labute approximate surface area is 124 Å². The van der Waals surface area contributed by atoms with Crippen molar-refractivity contribution in [2.75, 3.05) is 6.54 Å². The first-order valence-electron chi connectivity index (χ1n) is 8.24. The Hall–Kier alpha value is -0.830. The van der Waals surface area contributed by atoms with Gasteiger partial charge in [-0.2, -0.15) is 0 Å². The molecule has 0 radical (unpaired) electrons.